The van der Waals surface area contributed by atoms with E-state index < -0.39 is 12.8 Å². The molecule has 0 spiro atoms. The Bertz CT molecular complexity index is 289. The molecule has 2 rings (SSSR count). The first-order chi connectivity index (χ1) is 9.56. The molecule has 0 radical (unpaired) electrons. The number of hydrogen-bond acceptors (Lipinski definition) is 4. The van der Waals surface area contributed by atoms with E-state index in [1.807, 2.05) is 0 Å². The van der Waals surface area contributed by atoms with Gasteiger partial charge in [-0.1, -0.05) is 6.42 Å². The van der Waals surface area contributed by atoms with Gasteiger partial charge in [0, 0.05) is 25.2 Å². The van der Waals surface area contributed by atoms with Crippen molar-refractivity contribution < 1.29 is 22.6 Å². The Labute approximate surface area is 129 Å². The summed E-state index contributed by atoms with van der Waals surface area (Å²) >= 11 is 0. The number of alkyl halides is 3. The molecule has 4 nitrogen and oxygen atoms in total. The number of halogens is 4. The normalized spacial score (nSPS) is 30.1. The van der Waals surface area contributed by atoms with Gasteiger partial charge in [-0.25, -0.2) is 0 Å². The summed E-state index contributed by atoms with van der Waals surface area (Å²) in [6.45, 7) is 1.76. The van der Waals surface area contributed by atoms with Gasteiger partial charge in [0.15, 0.2) is 0 Å². The average Bonchev–Trinajstić information content (AvgIpc) is 2.86. The lowest BCUT2D eigenvalue weighted by atomic mass is 9.94. The van der Waals surface area contributed by atoms with E-state index in [9.17, 15) is 13.2 Å². The van der Waals surface area contributed by atoms with Crippen LogP contribution in [-0.2, 0) is 9.47 Å². The van der Waals surface area contributed by atoms with Crippen LogP contribution in [0, 0.1) is 5.92 Å². The molecule has 0 aromatic carbocycles. The van der Waals surface area contributed by atoms with E-state index in [2.05, 4.69) is 15.4 Å². The Hall–Kier alpha value is -0.0800. The zero-order valence-electron chi connectivity index (χ0n) is 12.0. The summed E-state index contributed by atoms with van der Waals surface area (Å²) in [6, 6.07) is 0.712. The highest BCUT2D eigenvalue weighted by atomic mass is 35.5. The van der Waals surface area contributed by atoms with Crippen molar-refractivity contribution in [2.75, 3.05) is 39.5 Å². The van der Waals surface area contributed by atoms with E-state index >= 15 is 0 Å². The highest BCUT2D eigenvalue weighted by Gasteiger charge is 2.34. The van der Waals surface area contributed by atoms with Crippen LogP contribution in [0.15, 0.2) is 0 Å². The SMILES string of the molecule is Cl.FC(F)(F)COCCNC1CCCC1C1COCCN1. The van der Waals surface area contributed by atoms with Gasteiger partial charge in [-0.05, 0) is 18.8 Å². The van der Waals surface area contributed by atoms with Crippen molar-refractivity contribution in [2.45, 2.75) is 37.5 Å². The predicted octanol–water partition coefficient (Wildman–Crippen LogP) is 1.73. The largest absolute Gasteiger partial charge is 0.411 e. The molecule has 1 aliphatic heterocycles. The molecule has 21 heavy (non-hydrogen) atoms. The Morgan fingerprint density at radius 2 is 2.10 bits per heavy atom. The summed E-state index contributed by atoms with van der Waals surface area (Å²) in [4.78, 5) is 0. The van der Waals surface area contributed by atoms with Gasteiger partial charge in [0.05, 0.1) is 19.8 Å². The van der Waals surface area contributed by atoms with Crippen LogP contribution >= 0.6 is 12.4 Å². The van der Waals surface area contributed by atoms with E-state index in [4.69, 9.17) is 4.74 Å². The number of rotatable bonds is 6. The minimum absolute atomic E-state index is 0. The van der Waals surface area contributed by atoms with E-state index in [0.717, 1.165) is 39.0 Å². The number of hydrogen-bond donors (Lipinski definition) is 2. The minimum Gasteiger partial charge on any atom is -0.379 e. The number of nitrogens with one attached hydrogen (secondary N) is 2. The monoisotopic (exact) mass is 332 g/mol. The fourth-order valence-corrected chi connectivity index (χ4v) is 3.09. The van der Waals surface area contributed by atoms with Crippen LogP contribution in [0.4, 0.5) is 13.2 Å². The molecule has 1 saturated heterocycles. The molecule has 126 valence electrons. The second-order valence-corrected chi connectivity index (χ2v) is 5.46. The van der Waals surface area contributed by atoms with E-state index in [1.165, 1.54) is 0 Å². The van der Waals surface area contributed by atoms with Gasteiger partial charge >= 0.3 is 6.18 Å². The van der Waals surface area contributed by atoms with E-state index in [-0.39, 0.29) is 19.0 Å². The molecule has 2 N–H and O–H groups in total. The van der Waals surface area contributed by atoms with Gasteiger partial charge in [-0.2, -0.15) is 13.2 Å². The first kappa shape index (κ1) is 19.0. The highest BCUT2D eigenvalue weighted by Crippen LogP contribution is 2.29. The summed E-state index contributed by atoms with van der Waals surface area (Å²) in [5.74, 6) is 0.498. The van der Waals surface area contributed by atoms with Crippen LogP contribution in [0.25, 0.3) is 0 Å². The summed E-state index contributed by atoms with van der Waals surface area (Å²) < 4.78 is 45.9. The van der Waals surface area contributed by atoms with Gasteiger partial charge in [-0.15, -0.1) is 12.4 Å². The molecule has 2 aliphatic rings. The lowest BCUT2D eigenvalue weighted by Gasteiger charge is -2.33. The maximum atomic E-state index is 11.9. The van der Waals surface area contributed by atoms with Gasteiger partial charge in [0.2, 0.25) is 0 Å². The second kappa shape index (κ2) is 9.15. The molecule has 0 bridgehead atoms. The van der Waals surface area contributed by atoms with Gasteiger partial charge in [0.25, 0.3) is 0 Å². The minimum atomic E-state index is -4.24. The first-order valence-electron chi connectivity index (χ1n) is 7.25. The Kier molecular flexibility index (Phi) is 8.26. The van der Waals surface area contributed by atoms with Crippen molar-refractivity contribution in [3.63, 3.8) is 0 Å². The van der Waals surface area contributed by atoms with Gasteiger partial charge < -0.3 is 20.1 Å². The average molecular weight is 333 g/mol. The number of ether oxygens (including phenoxy) is 2. The zero-order valence-corrected chi connectivity index (χ0v) is 12.8. The smallest absolute Gasteiger partial charge is 0.379 e. The van der Waals surface area contributed by atoms with Crippen LogP contribution in [-0.4, -0.2) is 57.8 Å². The van der Waals surface area contributed by atoms with Crippen LogP contribution in [0.5, 0.6) is 0 Å². The predicted molar refractivity (Wildman–Crippen MR) is 75.9 cm³/mol. The van der Waals surface area contributed by atoms with E-state index in [1.54, 1.807) is 0 Å². The molecule has 8 heteroatoms. The topological polar surface area (TPSA) is 42.5 Å². The fourth-order valence-electron chi connectivity index (χ4n) is 3.09. The van der Waals surface area contributed by atoms with Crippen LogP contribution in [0.3, 0.4) is 0 Å². The van der Waals surface area contributed by atoms with Crippen molar-refractivity contribution in [3.05, 3.63) is 0 Å². The maximum absolute atomic E-state index is 11.9. The standard InChI is InChI=1S/C13H23F3N2O2.ClH/c14-13(15,16)9-20-7-5-17-11-3-1-2-10(11)12-8-19-6-4-18-12;/h10-12,17-18H,1-9H2;1H. The molecule has 1 aliphatic carbocycles. The molecule has 1 saturated carbocycles. The lowest BCUT2D eigenvalue weighted by Crippen LogP contribution is -2.51. The summed E-state index contributed by atoms with van der Waals surface area (Å²) in [6.07, 6.45) is -0.868. The third kappa shape index (κ3) is 6.69. The number of morpholine rings is 1. The molecule has 0 amide bonds. The van der Waals surface area contributed by atoms with Crippen molar-refractivity contribution >= 4 is 12.4 Å². The van der Waals surface area contributed by atoms with E-state index in [0.29, 0.717) is 24.5 Å². The lowest BCUT2D eigenvalue weighted by molar-refractivity contribution is -0.173. The Balaban J connectivity index is 0.00000220. The third-order valence-electron chi connectivity index (χ3n) is 3.96. The summed E-state index contributed by atoms with van der Waals surface area (Å²) in [7, 11) is 0. The molecule has 0 aromatic rings. The zero-order chi connectivity index (χ0) is 14.4. The molecule has 2 fully saturated rings. The first-order valence-corrected chi connectivity index (χ1v) is 7.25. The van der Waals surface area contributed by atoms with Crippen molar-refractivity contribution in [1.29, 1.82) is 0 Å². The summed E-state index contributed by atoms with van der Waals surface area (Å²) in [5.41, 5.74) is 0. The van der Waals surface area contributed by atoms with Crippen LogP contribution < -0.4 is 10.6 Å². The van der Waals surface area contributed by atoms with Crippen LogP contribution in [0.2, 0.25) is 0 Å². The Morgan fingerprint density at radius 3 is 2.76 bits per heavy atom. The van der Waals surface area contributed by atoms with Crippen molar-refractivity contribution in [3.8, 4) is 0 Å². The Morgan fingerprint density at radius 1 is 1.29 bits per heavy atom. The third-order valence-corrected chi connectivity index (χ3v) is 3.96. The molecule has 1 heterocycles. The van der Waals surface area contributed by atoms with Crippen LogP contribution in [0.1, 0.15) is 19.3 Å². The maximum Gasteiger partial charge on any atom is 0.411 e. The summed E-state index contributed by atoms with van der Waals surface area (Å²) in [5, 5.41) is 6.79. The molecule has 3 atom stereocenters. The molecular weight excluding hydrogens is 309 g/mol. The molecular formula is C13H24ClF3N2O2. The van der Waals surface area contributed by atoms with Gasteiger partial charge in [0.1, 0.15) is 6.61 Å². The quantitative estimate of drug-likeness (QED) is 0.727. The molecule has 0 aromatic heterocycles. The van der Waals surface area contributed by atoms with Gasteiger partial charge in [-0.3, -0.25) is 0 Å². The van der Waals surface area contributed by atoms with Crippen molar-refractivity contribution in [1.82, 2.24) is 10.6 Å². The second-order valence-electron chi connectivity index (χ2n) is 5.46. The van der Waals surface area contributed by atoms with Crippen molar-refractivity contribution in [2.24, 2.45) is 5.92 Å². The fraction of sp³-hybridized carbons (Fsp3) is 1.00. The highest BCUT2D eigenvalue weighted by molar-refractivity contribution is 5.85. The molecule has 3 unspecified atom stereocenters.